The van der Waals surface area contributed by atoms with Crippen LogP contribution >= 0.6 is 0 Å². The van der Waals surface area contributed by atoms with Gasteiger partial charge >= 0.3 is 0 Å². The predicted octanol–water partition coefficient (Wildman–Crippen LogP) is 0.568. The third kappa shape index (κ3) is 2.12. The molecule has 0 aromatic carbocycles. The molecule has 6 heteroatoms. The summed E-state index contributed by atoms with van der Waals surface area (Å²) in [5, 5.41) is 8.32. The van der Waals surface area contributed by atoms with Gasteiger partial charge in [0.25, 0.3) is 0 Å². The summed E-state index contributed by atoms with van der Waals surface area (Å²) in [6.45, 7) is 5.49. The van der Waals surface area contributed by atoms with Crippen molar-refractivity contribution in [3.05, 3.63) is 11.6 Å². The summed E-state index contributed by atoms with van der Waals surface area (Å²) >= 11 is 0. The fourth-order valence-electron chi connectivity index (χ4n) is 3.53. The van der Waals surface area contributed by atoms with Crippen LogP contribution in [-0.2, 0) is 18.4 Å². The molecular weight excluding hydrogens is 254 g/mol. The maximum atomic E-state index is 12.5. The summed E-state index contributed by atoms with van der Waals surface area (Å²) in [5.41, 5.74) is -0.138. The van der Waals surface area contributed by atoms with Gasteiger partial charge in [0.15, 0.2) is 0 Å². The highest BCUT2D eigenvalue weighted by atomic mass is 16.2. The van der Waals surface area contributed by atoms with Crippen molar-refractivity contribution in [2.24, 2.45) is 12.5 Å². The summed E-state index contributed by atoms with van der Waals surface area (Å²) in [5.74, 6) is 2.25. The number of hydrogen-bond donors (Lipinski definition) is 0. The van der Waals surface area contributed by atoms with Gasteiger partial charge in [-0.25, -0.2) is 0 Å². The van der Waals surface area contributed by atoms with Crippen LogP contribution in [0.5, 0.6) is 0 Å². The second-order valence-corrected chi connectivity index (χ2v) is 6.29. The average Bonchev–Trinajstić information content (AvgIpc) is 2.96. The monoisotopic (exact) mass is 277 g/mol. The highest BCUT2D eigenvalue weighted by Gasteiger charge is 2.47. The Kier molecular flexibility index (Phi) is 3.28. The standard InChI is InChI=1S/C14H23N5O/c1-11-15-16-12(18(11)3)9-19-8-6-14(10-19)5-4-7-17(2)13(14)20/h4-10H2,1-3H3/t14-/m1/s1. The number of hydrogen-bond acceptors (Lipinski definition) is 4. The Morgan fingerprint density at radius 3 is 2.70 bits per heavy atom. The van der Waals surface area contributed by atoms with Gasteiger partial charge < -0.3 is 9.47 Å². The van der Waals surface area contributed by atoms with E-state index < -0.39 is 0 Å². The van der Waals surface area contributed by atoms with Crippen LogP contribution in [0.1, 0.15) is 30.9 Å². The predicted molar refractivity (Wildman–Crippen MR) is 74.9 cm³/mol. The molecule has 0 aliphatic carbocycles. The number of carbonyl (C=O) groups excluding carboxylic acids is 1. The maximum absolute atomic E-state index is 12.5. The molecule has 0 saturated carbocycles. The van der Waals surface area contributed by atoms with Crippen LogP contribution in [0.4, 0.5) is 0 Å². The second-order valence-electron chi connectivity index (χ2n) is 6.29. The van der Waals surface area contributed by atoms with Crippen LogP contribution in [0, 0.1) is 12.3 Å². The molecule has 1 spiro atoms. The van der Waals surface area contributed by atoms with Crippen molar-refractivity contribution in [1.82, 2.24) is 24.6 Å². The van der Waals surface area contributed by atoms with Gasteiger partial charge in [-0.2, -0.15) is 0 Å². The number of amides is 1. The van der Waals surface area contributed by atoms with Crippen LogP contribution in [0.2, 0.25) is 0 Å². The lowest BCUT2D eigenvalue weighted by Gasteiger charge is -2.37. The van der Waals surface area contributed by atoms with E-state index in [-0.39, 0.29) is 5.41 Å². The first-order valence-electron chi connectivity index (χ1n) is 7.35. The Labute approximate surface area is 119 Å². The SMILES string of the molecule is Cc1nnc(CN2CC[C@]3(CCCN(C)C3=O)C2)n1C. The summed E-state index contributed by atoms with van der Waals surface area (Å²) in [4.78, 5) is 16.7. The quantitative estimate of drug-likeness (QED) is 0.793. The molecule has 0 bridgehead atoms. The zero-order chi connectivity index (χ0) is 14.3. The van der Waals surface area contributed by atoms with Gasteiger partial charge in [-0.3, -0.25) is 9.69 Å². The molecule has 20 heavy (non-hydrogen) atoms. The Morgan fingerprint density at radius 2 is 2.00 bits per heavy atom. The minimum atomic E-state index is -0.138. The topological polar surface area (TPSA) is 54.3 Å². The van der Waals surface area contributed by atoms with E-state index >= 15 is 0 Å². The first kappa shape index (κ1) is 13.5. The van der Waals surface area contributed by atoms with Crippen LogP contribution in [-0.4, -0.2) is 57.2 Å². The highest BCUT2D eigenvalue weighted by Crippen LogP contribution is 2.39. The fourth-order valence-corrected chi connectivity index (χ4v) is 3.53. The zero-order valence-electron chi connectivity index (χ0n) is 12.6. The molecule has 1 atom stereocenters. The lowest BCUT2D eigenvalue weighted by Crippen LogP contribution is -2.48. The molecule has 0 N–H and O–H groups in total. The Hall–Kier alpha value is -1.43. The van der Waals surface area contributed by atoms with Crippen LogP contribution < -0.4 is 0 Å². The molecule has 0 radical (unpaired) electrons. The van der Waals surface area contributed by atoms with Crippen molar-refractivity contribution >= 4 is 5.91 Å². The average molecular weight is 277 g/mol. The van der Waals surface area contributed by atoms with Gasteiger partial charge in [-0.1, -0.05) is 0 Å². The molecule has 2 aliphatic heterocycles. The van der Waals surface area contributed by atoms with Gasteiger partial charge in [-0.05, 0) is 32.7 Å². The van der Waals surface area contributed by atoms with E-state index in [2.05, 4.69) is 15.1 Å². The van der Waals surface area contributed by atoms with Gasteiger partial charge in [0, 0.05) is 27.2 Å². The number of aromatic nitrogens is 3. The van der Waals surface area contributed by atoms with E-state index in [1.54, 1.807) is 0 Å². The number of nitrogens with zero attached hydrogens (tertiary/aromatic N) is 5. The Bertz CT molecular complexity index is 526. The molecule has 2 saturated heterocycles. The smallest absolute Gasteiger partial charge is 0.229 e. The second kappa shape index (κ2) is 4.84. The minimum Gasteiger partial charge on any atom is -0.345 e. The summed E-state index contributed by atoms with van der Waals surface area (Å²) in [7, 11) is 3.92. The molecule has 110 valence electrons. The van der Waals surface area contributed by atoms with Crippen LogP contribution in [0.15, 0.2) is 0 Å². The van der Waals surface area contributed by atoms with E-state index in [9.17, 15) is 4.79 Å². The largest absolute Gasteiger partial charge is 0.345 e. The molecule has 1 aromatic rings. The third-order valence-corrected chi connectivity index (χ3v) is 4.93. The normalized spacial score (nSPS) is 27.8. The Balaban J connectivity index is 1.70. The maximum Gasteiger partial charge on any atom is 0.229 e. The fraction of sp³-hybridized carbons (Fsp3) is 0.786. The number of rotatable bonds is 2. The van der Waals surface area contributed by atoms with Crippen molar-refractivity contribution in [3.63, 3.8) is 0 Å². The lowest BCUT2D eigenvalue weighted by molar-refractivity contribution is -0.143. The lowest BCUT2D eigenvalue weighted by atomic mass is 9.78. The molecular formula is C14H23N5O. The number of likely N-dealkylation sites (tertiary alicyclic amines) is 2. The van der Waals surface area contributed by atoms with Crippen molar-refractivity contribution < 1.29 is 4.79 Å². The minimum absolute atomic E-state index is 0.138. The van der Waals surface area contributed by atoms with E-state index in [1.165, 1.54) is 0 Å². The third-order valence-electron chi connectivity index (χ3n) is 4.93. The van der Waals surface area contributed by atoms with Crippen molar-refractivity contribution in [3.8, 4) is 0 Å². The van der Waals surface area contributed by atoms with Gasteiger partial charge in [0.2, 0.25) is 5.91 Å². The van der Waals surface area contributed by atoms with Crippen LogP contribution in [0.3, 0.4) is 0 Å². The summed E-state index contributed by atoms with van der Waals surface area (Å²) in [6.07, 6.45) is 3.14. The number of carbonyl (C=O) groups is 1. The first-order chi connectivity index (χ1) is 9.52. The number of aryl methyl sites for hydroxylation is 1. The molecule has 3 heterocycles. The van der Waals surface area contributed by atoms with E-state index in [1.807, 2.05) is 30.5 Å². The molecule has 6 nitrogen and oxygen atoms in total. The summed E-state index contributed by atoms with van der Waals surface area (Å²) in [6, 6.07) is 0. The molecule has 2 fully saturated rings. The highest BCUT2D eigenvalue weighted by molar-refractivity contribution is 5.83. The van der Waals surface area contributed by atoms with Gasteiger partial charge in [-0.15, -0.1) is 10.2 Å². The molecule has 1 aromatic heterocycles. The molecule has 1 amide bonds. The first-order valence-corrected chi connectivity index (χ1v) is 7.35. The Morgan fingerprint density at radius 1 is 1.20 bits per heavy atom. The van der Waals surface area contributed by atoms with E-state index in [0.29, 0.717) is 5.91 Å². The van der Waals surface area contributed by atoms with E-state index in [4.69, 9.17) is 0 Å². The van der Waals surface area contributed by atoms with Crippen LogP contribution in [0.25, 0.3) is 0 Å². The van der Waals surface area contributed by atoms with Crippen molar-refractivity contribution in [1.29, 1.82) is 0 Å². The van der Waals surface area contributed by atoms with Crippen molar-refractivity contribution in [2.45, 2.75) is 32.7 Å². The molecule has 0 unspecified atom stereocenters. The van der Waals surface area contributed by atoms with Gasteiger partial charge in [0.1, 0.15) is 11.6 Å². The van der Waals surface area contributed by atoms with Crippen molar-refractivity contribution in [2.75, 3.05) is 26.7 Å². The molecule has 3 rings (SSSR count). The zero-order valence-corrected chi connectivity index (χ0v) is 12.6. The van der Waals surface area contributed by atoms with E-state index in [0.717, 1.165) is 57.1 Å². The number of piperidine rings is 1. The molecule has 2 aliphatic rings. The summed E-state index contributed by atoms with van der Waals surface area (Å²) < 4.78 is 2.03. The van der Waals surface area contributed by atoms with Gasteiger partial charge in [0.05, 0.1) is 12.0 Å².